The van der Waals surface area contributed by atoms with Gasteiger partial charge in [-0.2, -0.15) is 0 Å². The normalized spacial score (nSPS) is 24.6. The van der Waals surface area contributed by atoms with Crippen LogP contribution in [-0.4, -0.2) is 16.9 Å². The Morgan fingerprint density at radius 3 is 2.65 bits per heavy atom. The van der Waals surface area contributed by atoms with Crippen LogP contribution in [-0.2, 0) is 9.59 Å². The van der Waals surface area contributed by atoms with E-state index in [-0.39, 0.29) is 24.0 Å². The van der Waals surface area contributed by atoms with E-state index in [2.05, 4.69) is 0 Å². The summed E-state index contributed by atoms with van der Waals surface area (Å²) in [5.41, 5.74) is 0.962. The number of hydrogen-bond donors (Lipinski definition) is 1. The predicted octanol–water partition coefficient (Wildman–Crippen LogP) is 2.61. The monoisotopic (exact) mass is 232 g/mol. The lowest BCUT2D eigenvalue weighted by Crippen LogP contribution is -2.28. The second-order valence-electron chi connectivity index (χ2n) is 4.60. The van der Waals surface area contributed by atoms with Gasteiger partial charge in [0.2, 0.25) is 0 Å². The maximum absolute atomic E-state index is 12.0. The molecule has 90 valence electrons. The summed E-state index contributed by atoms with van der Waals surface area (Å²) < 4.78 is 0. The smallest absolute Gasteiger partial charge is 0.303 e. The molecule has 2 atom stereocenters. The Morgan fingerprint density at radius 1 is 1.29 bits per heavy atom. The molecule has 0 spiro atoms. The number of benzene rings is 1. The third-order valence-corrected chi connectivity index (χ3v) is 3.41. The van der Waals surface area contributed by atoms with Crippen LogP contribution in [0.3, 0.4) is 0 Å². The number of carboxylic acid groups (broad SMARTS) is 1. The first-order chi connectivity index (χ1) is 8.18. The topological polar surface area (TPSA) is 54.4 Å². The van der Waals surface area contributed by atoms with E-state index in [0.717, 1.165) is 18.4 Å². The number of carbonyl (C=O) groups excluding carboxylic acids is 1. The highest BCUT2D eigenvalue weighted by Crippen LogP contribution is 2.37. The third-order valence-electron chi connectivity index (χ3n) is 3.41. The molecule has 2 unspecified atom stereocenters. The maximum Gasteiger partial charge on any atom is 0.303 e. The summed E-state index contributed by atoms with van der Waals surface area (Å²) in [6.45, 7) is 0. The fourth-order valence-electron chi connectivity index (χ4n) is 2.69. The highest BCUT2D eigenvalue weighted by molar-refractivity contribution is 5.87. The zero-order valence-corrected chi connectivity index (χ0v) is 9.63. The summed E-state index contributed by atoms with van der Waals surface area (Å²) in [4.78, 5) is 22.8. The number of aliphatic carboxylic acids is 1. The van der Waals surface area contributed by atoms with Crippen molar-refractivity contribution < 1.29 is 14.7 Å². The van der Waals surface area contributed by atoms with Crippen molar-refractivity contribution in [2.24, 2.45) is 5.92 Å². The van der Waals surface area contributed by atoms with Gasteiger partial charge in [0.05, 0.1) is 0 Å². The molecule has 0 aromatic heterocycles. The van der Waals surface area contributed by atoms with Gasteiger partial charge < -0.3 is 5.11 Å². The first-order valence-electron chi connectivity index (χ1n) is 5.98. The van der Waals surface area contributed by atoms with E-state index >= 15 is 0 Å². The number of carbonyl (C=O) groups is 2. The van der Waals surface area contributed by atoms with Crippen molar-refractivity contribution in [3.05, 3.63) is 35.9 Å². The first kappa shape index (κ1) is 11.8. The van der Waals surface area contributed by atoms with E-state index < -0.39 is 5.97 Å². The summed E-state index contributed by atoms with van der Waals surface area (Å²) in [5, 5.41) is 8.91. The van der Waals surface area contributed by atoms with Crippen LogP contribution in [0.15, 0.2) is 30.3 Å². The standard InChI is InChI=1S/C14H16O3/c15-12-8-4-7-11(9-13(16)17)14(12)10-5-2-1-3-6-10/h1-3,5-6,11,14H,4,7-9H2,(H,16,17). The fourth-order valence-corrected chi connectivity index (χ4v) is 2.69. The summed E-state index contributed by atoms with van der Waals surface area (Å²) in [6, 6.07) is 9.54. The summed E-state index contributed by atoms with van der Waals surface area (Å²) in [6.07, 6.45) is 2.32. The van der Waals surface area contributed by atoms with Crippen molar-refractivity contribution in [3.8, 4) is 0 Å². The molecular weight excluding hydrogens is 216 g/mol. The molecule has 1 aromatic carbocycles. The van der Waals surface area contributed by atoms with Gasteiger partial charge in [-0.05, 0) is 24.3 Å². The predicted molar refractivity (Wildman–Crippen MR) is 63.8 cm³/mol. The fraction of sp³-hybridized carbons (Fsp3) is 0.429. The van der Waals surface area contributed by atoms with E-state index in [1.165, 1.54) is 0 Å². The molecule has 1 saturated carbocycles. The van der Waals surface area contributed by atoms with Crippen LogP contribution in [0.2, 0.25) is 0 Å². The van der Waals surface area contributed by atoms with Crippen molar-refractivity contribution in [2.45, 2.75) is 31.6 Å². The molecule has 0 bridgehead atoms. The molecule has 2 rings (SSSR count). The molecule has 1 aliphatic rings. The van der Waals surface area contributed by atoms with Crippen LogP contribution in [0.4, 0.5) is 0 Å². The van der Waals surface area contributed by atoms with Crippen LogP contribution in [0.1, 0.15) is 37.2 Å². The van der Waals surface area contributed by atoms with Gasteiger partial charge in [-0.15, -0.1) is 0 Å². The SMILES string of the molecule is O=C(O)CC1CCCC(=O)C1c1ccccc1. The minimum Gasteiger partial charge on any atom is -0.481 e. The molecule has 3 nitrogen and oxygen atoms in total. The zero-order valence-electron chi connectivity index (χ0n) is 9.63. The molecular formula is C14H16O3. The van der Waals surface area contributed by atoms with Gasteiger partial charge in [-0.25, -0.2) is 0 Å². The molecule has 1 aliphatic carbocycles. The molecule has 0 amide bonds. The average Bonchev–Trinajstić information content (AvgIpc) is 2.29. The van der Waals surface area contributed by atoms with Crippen molar-refractivity contribution >= 4 is 11.8 Å². The average molecular weight is 232 g/mol. The number of Topliss-reactive ketones (excluding diaryl/α,β-unsaturated/α-hetero) is 1. The van der Waals surface area contributed by atoms with E-state index in [9.17, 15) is 9.59 Å². The van der Waals surface area contributed by atoms with E-state index in [1.54, 1.807) is 0 Å². The van der Waals surface area contributed by atoms with E-state index in [1.807, 2.05) is 30.3 Å². The maximum atomic E-state index is 12.0. The number of rotatable bonds is 3. The molecule has 0 radical (unpaired) electrons. The summed E-state index contributed by atoms with van der Waals surface area (Å²) >= 11 is 0. The number of ketones is 1. The molecule has 0 heterocycles. The van der Waals surface area contributed by atoms with Gasteiger partial charge in [-0.3, -0.25) is 9.59 Å². The highest BCUT2D eigenvalue weighted by atomic mass is 16.4. The Labute approximate surface area is 100 Å². The Kier molecular flexibility index (Phi) is 3.57. The lowest BCUT2D eigenvalue weighted by atomic mass is 9.73. The zero-order chi connectivity index (χ0) is 12.3. The van der Waals surface area contributed by atoms with Crippen LogP contribution < -0.4 is 0 Å². The van der Waals surface area contributed by atoms with Crippen LogP contribution in [0, 0.1) is 5.92 Å². The molecule has 3 heteroatoms. The Balaban J connectivity index is 2.25. The molecule has 0 saturated heterocycles. The Morgan fingerprint density at radius 2 is 2.00 bits per heavy atom. The first-order valence-corrected chi connectivity index (χ1v) is 5.98. The van der Waals surface area contributed by atoms with E-state index in [0.29, 0.717) is 6.42 Å². The molecule has 1 aromatic rings. The van der Waals surface area contributed by atoms with Crippen LogP contribution in [0.5, 0.6) is 0 Å². The third kappa shape index (κ3) is 2.73. The van der Waals surface area contributed by atoms with Crippen LogP contribution in [0.25, 0.3) is 0 Å². The number of carboxylic acids is 1. The van der Waals surface area contributed by atoms with Gasteiger partial charge in [-0.1, -0.05) is 30.3 Å². The van der Waals surface area contributed by atoms with Crippen molar-refractivity contribution in [1.29, 1.82) is 0 Å². The largest absolute Gasteiger partial charge is 0.481 e. The van der Waals surface area contributed by atoms with Crippen molar-refractivity contribution in [2.75, 3.05) is 0 Å². The lowest BCUT2D eigenvalue weighted by molar-refractivity contribution is -0.139. The van der Waals surface area contributed by atoms with Gasteiger partial charge >= 0.3 is 5.97 Å². The number of hydrogen-bond acceptors (Lipinski definition) is 2. The van der Waals surface area contributed by atoms with Crippen LogP contribution >= 0.6 is 0 Å². The molecule has 1 fully saturated rings. The van der Waals surface area contributed by atoms with Gasteiger partial charge in [0.25, 0.3) is 0 Å². The molecule has 0 aliphatic heterocycles. The lowest BCUT2D eigenvalue weighted by Gasteiger charge is -2.29. The Hall–Kier alpha value is -1.64. The summed E-state index contributed by atoms with van der Waals surface area (Å²) in [7, 11) is 0. The Bertz CT molecular complexity index is 411. The van der Waals surface area contributed by atoms with Crippen molar-refractivity contribution in [1.82, 2.24) is 0 Å². The van der Waals surface area contributed by atoms with Gasteiger partial charge in [0.15, 0.2) is 0 Å². The highest BCUT2D eigenvalue weighted by Gasteiger charge is 2.33. The van der Waals surface area contributed by atoms with Gasteiger partial charge in [0.1, 0.15) is 5.78 Å². The molecule has 17 heavy (non-hydrogen) atoms. The second-order valence-corrected chi connectivity index (χ2v) is 4.60. The minimum absolute atomic E-state index is 0.0452. The second kappa shape index (κ2) is 5.13. The minimum atomic E-state index is -0.814. The summed E-state index contributed by atoms with van der Waals surface area (Å²) in [5.74, 6) is -0.892. The quantitative estimate of drug-likeness (QED) is 0.871. The molecule has 1 N–H and O–H groups in total. The van der Waals surface area contributed by atoms with E-state index in [4.69, 9.17) is 5.11 Å². The van der Waals surface area contributed by atoms with Crippen molar-refractivity contribution in [3.63, 3.8) is 0 Å². The van der Waals surface area contributed by atoms with Gasteiger partial charge in [0, 0.05) is 18.8 Å².